The number of hydrogen-bond donors (Lipinski definition) is 1. The fourth-order valence-electron chi connectivity index (χ4n) is 3.10. The van der Waals surface area contributed by atoms with E-state index in [9.17, 15) is 8.78 Å². The monoisotopic (exact) mass is 282 g/mol. The van der Waals surface area contributed by atoms with Gasteiger partial charge in [0.25, 0.3) is 6.43 Å². The van der Waals surface area contributed by atoms with Crippen LogP contribution in [0.4, 0.5) is 8.78 Å². The van der Waals surface area contributed by atoms with Gasteiger partial charge in [-0.3, -0.25) is 4.90 Å². The number of alkyl halides is 2. The Morgan fingerprint density at radius 1 is 1.25 bits per heavy atom. The van der Waals surface area contributed by atoms with E-state index in [2.05, 4.69) is 11.8 Å². The predicted molar refractivity (Wildman–Crippen MR) is 77.8 cm³/mol. The zero-order valence-electron chi connectivity index (χ0n) is 12.1. The highest BCUT2D eigenvalue weighted by molar-refractivity contribution is 5.27. The average Bonchev–Trinajstić information content (AvgIpc) is 2.61. The predicted octanol–water partition coefficient (Wildman–Crippen LogP) is 3.89. The van der Waals surface area contributed by atoms with Crippen molar-refractivity contribution in [2.24, 2.45) is 5.73 Å². The number of rotatable bonds is 4. The van der Waals surface area contributed by atoms with E-state index < -0.39 is 6.43 Å². The number of halogens is 2. The molecule has 4 heteroatoms. The van der Waals surface area contributed by atoms with Crippen LogP contribution in [-0.2, 0) is 0 Å². The van der Waals surface area contributed by atoms with Crippen LogP contribution in [0.25, 0.3) is 0 Å². The molecule has 2 nitrogen and oxygen atoms in total. The Balaban J connectivity index is 2.24. The standard InChI is InChI=1S/C16H24F2N2/c1-2-10-20-11-4-3-5-14(19)15(20)12-6-8-13(9-7-12)16(17)18/h6-9,14-16H,2-5,10-11,19H2,1H3. The summed E-state index contributed by atoms with van der Waals surface area (Å²) in [6.45, 7) is 4.21. The Kier molecular flexibility index (Phi) is 5.49. The Morgan fingerprint density at radius 2 is 1.95 bits per heavy atom. The summed E-state index contributed by atoms with van der Waals surface area (Å²) in [4.78, 5) is 2.41. The van der Waals surface area contributed by atoms with Gasteiger partial charge in [-0.25, -0.2) is 8.78 Å². The Bertz CT molecular complexity index is 405. The summed E-state index contributed by atoms with van der Waals surface area (Å²) in [5, 5.41) is 0. The topological polar surface area (TPSA) is 29.3 Å². The lowest BCUT2D eigenvalue weighted by molar-refractivity contribution is 0.151. The molecule has 1 aliphatic rings. The minimum atomic E-state index is -2.40. The molecule has 0 saturated carbocycles. The third-order valence-corrected chi connectivity index (χ3v) is 4.07. The van der Waals surface area contributed by atoms with Gasteiger partial charge in [0.2, 0.25) is 0 Å². The summed E-state index contributed by atoms with van der Waals surface area (Å²) in [7, 11) is 0. The van der Waals surface area contributed by atoms with Gasteiger partial charge in [-0.1, -0.05) is 37.6 Å². The number of nitrogens with zero attached hydrogens (tertiary/aromatic N) is 1. The zero-order valence-corrected chi connectivity index (χ0v) is 12.1. The molecule has 0 bridgehead atoms. The molecule has 0 aromatic heterocycles. The van der Waals surface area contributed by atoms with Crippen LogP contribution >= 0.6 is 0 Å². The van der Waals surface area contributed by atoms with E-state index in [1.54, 1.807) is 0 Å². The quantitative estimate of drug-likeness (QED) is 0.908. The van der Waals surface area contributed by atoms with E-state index in [4.69, 9.17) is 5.73 Å². The van der Waals surface area contributed by atoms with Crippen LogP contribution in [0.1, 0.15) is 56.2 Å². The van der Waals surface area contributed by atoms with Crippen LogP contribution in [0.15, 0.2) is 24.3 Å². The molecule has 1 aromatic carbocycles. The highest BCUT2D eigenvalue weighted by Crippen LogP contribution is 2.30. The SMILES string of the molecule is CCCN1CCCCC(N)C1c1ccc(C(F)F)cc1. The molecule has 2 N–H and O–H groups in total. The lowest BCUT2D eigenvalue weighted by Crippen LogP contribution is -2.40. The number of benzene rings is 1. The first-order valence-electron chi connectivity index (χ1n) is 7.51. The fourth-order valence-corrected chi connectivity index (χ4v) is 3.10. The molecule has 112 valence electrons. The maximum absolute atomic E-state index is 12.6. The van der Waals surface area contributed by atoms with E-state index in [1.807, 2.05) is 12.1 Å². The first-order valence-corrected chi connectivity index (χ1v) is 7.51. The van der Waals surface area contributed by atoms with Gasteiger partial charge in [-0.15, -0.1) is 0 Å². The number of hydrogen-bond acceptors (Lipinski definition) is 2. The van der Waals surface area contributed by atoms with Crippen molar-refractivity contribution < 1.29 is 8.78 Å². The maximum atomic E-state index is 12.6. The Labute approximate surface area is 120 Å². The van der Waals surface area contributed by atoms with Gasteiger partial charge >= 0.3 is 0 Å². The molecular weight excluding hydrogens is 258 g/mol. The summed E-state index contributed by atoms with van der Waals surface area (Å²) >= 11 is 0. The average molecular weight is 282 g/mol. The van der Waals surface area contributed by atoms with Crippen molar-refractivity contribution in [1.29, 1.82) is 0 Å². The Morgan fingerprint density at radius 3 is 2.55 bits per heavy atom. The molecule has 0 radical (unpaired) electrons. The molecule has 1 heterocycles. The summed E-state index contributed by atoms with van der Waals surface area (Å²) in [6.07, 6.45) is 1.99. The smallest absolute Gasteiger partial charge is 0.263 e. The summed E-state index contributed by atoms with van der Waals surface area (Å²) in [5.74, 6) is 0. The largest absolute Gasteiger partial charge is 0.326 e. The van der Waals surface area contributed by atoms with Crippen molar-refractivity contribution >= 4 is 0 Å². The molecule has 0 aliphatic carbocycles. The van der Waals surface area contributed by atoms with Crippen LogP contribution < -0.4 is 5.73 Å². The van der Waals surface area contributed by atoms with Gasteiger partial charge in [0.15, 0.2) is 0 Å². The third kappa shape index (κ3) is 3.55. The first-order chi connectivity index (χ1) is 9.63. The van der Waals surface area contributed by atoms with Gasteiger partial charge in [0.05, 0.1) is 0 Å². The van der Waals surface area contributed by atoms with Crippen LogP contribution in [-0.4, -0.2) is 24.0 Å². The zero-order chi connectivity index (χ0) is 14.5. The minimum Gasteiger partial charge on any atom is -0.326 e. The molecule has 1 fully saturated rings. The molecule has 0 spiro atoms. The summed E-state index contributed by atoms with van der Waals surface area (Å²) in [5.41, 5.74) is 7.49. The highest BCUT2D eigenvalue weighted by Gasteiger charge is 2.28. The van der Waals surface area contributed by atoms with Crippen LogP contribution in [0.3, 0.4) is 0 Å². The molecule has 2 atom stereocenters. The van der Waals surface area contributed by atoms with Gasteiger partial charge in [-0.2, -0.15) is 0 Å². The van der Waals surface area contributed by atoms with Crippen molar-refractivity contribution in [3.8, 4) is 0 Å². The third-order valence-electron chi connectivity index (χ3n) is 4.07. The van der Waals surface area contributed by atoms with E-state index in [1.165, 1.54) is 18.6 Å². The van der Waals surface area contributed by atoms with Crippen LogP contribution in [0, 0.1) is 0 Å². The van der Waals surface area contributed by atoms with Gasteiger partial charge in [0.1, 0.15) is 0 Å². The van der Waals surface area contributed by atoms with Crippen molar-refractivity contribution in [2.75, 3.05) is 13.1 Å². The molecule has 20 heavy (non-hydrogen) atoms. The lowest BCUT2D eigenvalue weighted by Gasteiger charge is -2.33. The highest BCUT2D eigenvalue weighted by atomic mass is 19.3. The maximum Gasteiger partial charge on any atom is 0.263 e. The van der Waals surface area contributed by atoms with Crippen molar-refractivity contribution in [3.05, 3.63) is 35.4 Å². The summed E-state index contributed by atoms with van der Waals surface area (Å²) < 4.78 is 25.3. The molecule has 2 unspecified atom stereocenters. The van der Waals surface area contributed by atoms with Gasteiger partial charge in [-0.05, 0) is 37.9 Å². The van der Waals surface area contributed by atoms with E-state index in [0.29, 0.717) is 0 Å². The number of nitrogens with two attached hydrogens (primary N) is 1. The Hall–Kier alpha value is -1.00. The molecule has 2 rings (SSSR count). The second kappa shape index (κ2) is 7.14. The molecular formula is C16H24F2N2. The normalized spacial score (nSPS) is 24.9. The van der Waals surface area contributed by atoms with Crippen molar-refractivity contribution in [2.45, 2.75) is 51.1 Å². The molecule has 1 aromatic rings. The lowest BCUT2D eigenvalue weighted by atomic mass is 9.95. The molecule has 0 amide bonds. The van der Waals surface area contributed by atoms with Gasteiger partial charge < -0.3 is 5.73 Å². The molecule has 1 aliphatic heterocycles. The first kappa shape index (κ1) is 15.4. The van der Waals surface area contributed by atoms with Crippen LogP contribution in [0.5, 0.6) is 0 Å². The van der Waals surface area contributed by atoms with E-state index >= 15 is 0 Å². The second-order valence-electron chi connectivity index (χ2n) is 5.61. The number of likely N-dealkylation sites (tertiary alicyclic amines) is 1. The summed E-state index contributed by atoms with van der Waals surface area (Å²) in [6, 6.07) is 6.94. The van der Waals surface area contributed by atoms with Gasteiger partial charge in [0, 0.05) is 17.6 Å². The van der Waals surface area contributed by atoms with E-state index in [0.717, 1.165) is 37.9 Å². The van der Waals surface area contributed by atoms with E-state index in [-0.39, 0.29) is 17.6 Å². The second-order valence-corrected chi connectivity index (χ2v) is 5.61. The molecule has 1 saturated heterocycles. The van der Waals surface area contributed by atoms with Crippen LogP contribution in [0.2, 0.25) is 0 Å². The fraction of sp³-hybridized carbons (Fsp3) is 0.625. The van der Waals surface area contributed by atoms with Crippen molar-refractivity contribution in [1.82, 2.24) is 4.90 Å². The van der Waals surface area contributed by atoms with Crippen molar-refractivity contribution in [3.63, 3.8) is 0 Å². The minimum absolute atomic E-state index is 0.0815.